The second-order valence-corrected chi connectivity index (χ2v) is 8.19. The summed E-state index contributed by atoms with van der Waals surface area (Å²) in [6.45, 7) is 3.56. The zero-order chi connectivity index (χ0) is 19.5. The van der Waals surface area contributed by atoms with Crippen molar-refractivity contribution in [3.05, 3.63) is 107 Å². The fraction of sp³-hybridized carbons (Fsp3) is 0.259. The van der Waals surface area contributed by atoms with E-state index in [1.807, 2.05) is 0 Å². The highest BCUT2D eigenvalue weighted by molar-refractivity contribution is 5.72. The molecular weight excluding hydrogens is 354 g/mol. The summed E-state index contributed by atoms with van der Waals surface area (Å²) >= 11 is 0. The summed E-state index contributed by atoms with van der Waals surface area (Å²) in [5, 5.41) is 0. The Kier molecular flexibility index (Phi) is 5.19. The van der Waals surface area contributed by atoms with E-state index < -0.39 is 0 Å². The number of rotatable bonds is 4. The molecule has 0 amide bonds. The summed E-state index contributed by atoms with van der Waals surface area (Å²) in [5.74, 6) is 2.28. The molecule has 0 saturated carbocycles. The maximum Gasteiger partial charge on any atom is 0.140 e. The van der Waals surface area contributed by atoms with Crippen molar-refractivity contribution >= 4 is 5.76 Å². The second-order valence-electron chi connectivity index (χ2n) is 8.19. The Morgan fingerprint density at radius 3 is 2.14 bits per heavy atom. The number of hydrogen-bond acceptors (Lipinski definition) is 1. The standard InChI is InChI=1S/C27H27NO/c1-4-12-21(13-5-1)26-23-16-8-9-17-25(23)29-27(22-14-6-2-7-15-22)24(26)20-28-18-10-3-11-19-28/h1-2,4-9,12-17,26H,3,10-11,18-20H2/p+1/t26-/m0/s1. The quantitative estimate of drug-likeness (QED) is 0.691. The normalized spacial score (nSPS) is 19.5. The van der Waals surface area contributed by atoms with Gasteiger partial charge >= 0.3 is 0 Å². The lowest BCUT2D eigenvalue weighted by Gasteiger charge is -2.34. The zero-order valence-electron chi connectivity index (χ0n) is 16.8. The van der Waals surface area contributed by atoms with E-state index in [4.69, 9.17) is 4.74 Å². The second kappa shape index (κ2) is 8.26. The van der Waals surface area contributed by atoms with Gasteiger partial charge in [0.05, 0.1) is 13.1 Å². The molecule has 0 bridgehead atoms. The molecule has 1 fully saturated rings. The highest BCUT2D eigenvalue weighted by atomic mass is 16.5. The van der Waals surface area contributed by atoms with E-state index in [0.29, 0.717) is 0 Å². The Bertz CT molecular complexity index is 987. The minimum absolute atomic E-state index is 0.241. The molecule has 2 aliphatic rings. The van der Waals surface area contributed by atoms with Gasteiger partial charge in [-0.15, -0.1) is 0 Å². The smallest absolute Gasteiger partial charge is 0.140 e. The lowest BCUT2D eigenvalue weighted by Crippen LogP contribution is -3.13. The Balaban J connectivity index is 1.67. The molecule has 2 heteroatoms. The van der Waals surface area contributed by atoms with Crippen LogP contribution in [0.15, 0.2) is 90.5 Å². The van der Waals surface area contributed by atoms with Gasteiger partial charge < -0.3 is 9.64 Å². The molecule has 29 heavy (non-hydrogen) atoms. The van der Waals surface area contributed by atoms with Crippen LogP contribution in [0.2, 0.25) is 0 Å². The van der Waals surface area contributed by atoms with Gasteiger partial charge in [-0.05, 0) is 30.9 Å². The number of quaternary nitrogens is 1. The van der Waals surface area contributed by atoms with Crippen molar-refractivity contribution in [2.75, 3.05) is 19.6 Å². The molecule has 0 aromatic heterocycles. The minimum Gasteiger partial charge on any atom is -0.456 e. The molecule has 2 heterocycles. The average molecular weight is 383 g/mol. The Morgan fingerprint density at radius 1 is 0.724 bits per heavy atom. The number of hydrogen-bond donors (Lipinski definition) is 1. The molecule has 3 aromatic rings. The summed E-state index contributed by atoms with van der Waals surface area (Å²) in [6, 6.07) is 30.1. The van der Waals surface area contributed by atoms with E-state index in [1.54, 1.807) is 4.90 Å². The third-order valence-corrected chi connectivity index (χ3v) is 6.25. The molecule has 5 rings (SSSR count). The topological polar surface area (TPSA) is 13.7 Å². The first kappa shape index (κ1) is 18.2. The minimum atomic E-state index is 0.241. The van der Waals surface area contributed by atoms with E-state index in [-0.39, 0.29) is 5.92 Å². The van der Waals surface area contributed by atoms with Crippen molar-refractivity contribution in [2.45, 2.75) is 25.2 Å². The summed E-state index contributed by atoms with van der Waals surface area (Å²) in [7, 11) is 0. The largest absolute Gasteiger partial charge is 0.456 e. The van der Waals surface area contributed by atoms with Crippen LogP contribution in [0.25, 0.3) is 5.76 Å². The molecule has 146 valence electrons. The van der Waals surface area contributed by atoms with Gasteiger partial charge in [-0.2, -0.15) is 0 Å². The van der Waals surface area contributed by atoms with Crippen molar-refractivity contribution in [3.63, 3.8) is 0 Å². The molecular formula is C27H28NO+. The first-order valence-corrected chi connectivity index (χ1v) is 10.8. The summed E-state index contributed by atoms with van der Waals surface area (Å²) in [5.41, 5.74) is 5.22. The zero-order valence-corrected chi connectivity index (χ0v) is 16.8. The average Bonchev–Trinajstić information content (AvgIpc) is 2.80. The van der Waals surface area contributed by atoms with Gasteiger partial charge in [0.1, 0.15) is 18.1 Å². The third-order valence-electron chi connectivity index (χ3n) is 6.25. The molecule has 0 aliphatic carbocycles. The van der Waals surface area contributed by atoms with Gasteiger partial charge in [-0.3, -0.25) is 0 Å². The maximum atomic E-state index is 6.59. The monoisotopic (exact) mass is 382 g/mol. The number of fused-ring (bicyclic) bond motifs is 1. The van der Waals surface area contributed by atoms with Crippen molar-refractivity contribution in [1.29, 1.82) is 0 Å². The van der Waals surface area contributed by atoms with Crippen LogP contribution in [0.4, 0.5) is 0 Å². The molecule has 1 N–H and O–H groups in total. The first-order chi connectivity index (χ1) is 14.4. The van der Waals surface area contributed by atoms with Crippen molar-refractivity contribution in [3.8, 4) is 5.75 Å². The van der Waals surface area contributed by atoms with Crippen LogP contribution in [0.5, 0.6) is 5.75 Å². The van der Waals surface area contributed by atoms with Crippen molar-refractivity contribution < 1.29 is 9.64 Å². The van der Waals surface area contributed by atoms with E-state index in [2.05, 4.69) is 84.9 Å². The van der Waals surface area contributed by atoms with Gasteiger partial charge in [-0.1, -0.05) is 78.9 Å². The fourth-order valence-electron chi connectivity index (χ4n) is 4.85. The molecule has 1 atom stereocenters. The lowest BCUT2D eigenvalue weighted by atomic mass is 9.81. The first-order valence-electron chi connectivity index (χ1n) is 10.8. The third kappa shape index (κ3) is 3.73. The Morgan fingerprint density at radius 2 is 1.38 bits per heavy atom. The number of piperidine rings is 1. The van der Waals surface area contributed by atoms with Gasteiger partial charge in [-0.25, -0.2) is 0 Å². The number of benzene rings is 3. The number of likely N-dealkylation sites (tertiary alicyclic amines) is 1. The summed E-state index contributed by atoms with van der Waals surface area (Å²) in [4.78, 5) is 1.68. The van der Waals surface area contributed by atoms with Crippen LogP contribution in [0.1, 0.15) is 41.9 Å². The molecule has 2 aliphatic heterocycles. The van der Waals surface area contributed by atoms with Gasteiger partial charge in [0.25, 0.3) is 0 Å². The molecule has 0 unspecified atom stereocenters. The lowest BCUT2D eigenvalue weighted by molar-refractivity contribution is -0.900. The SMILES string of the molecule is c1ccc(C2=C(C[NH+]3CCCCC3)[C@@H](c3ccccc3)c3ccccc3O2)cc1. The van der Waals surface area contributed by atoms with Crippen LogP contribution in [-0.4, -0.2) is 19.6 Å². The van der Waals surface area contributed by atoms with Crippen LogP contribution in [0, 0.1) is 0 Å². The summed E-state index contributed by atoms with van der Waals surface area (Å²) in [6.07, 6.45) is 4.03. The van der Waals surface area contributed by atoms with E-state index >= 15 is 0 Å². The maximum absolute atomic E-state index is 6.59. The predicted octanol–water partition coefficient (Wildman–Crippen LogP) is 4.69. The highest BCUT2D eigenvalue weighted by Crippen LogP contribution is 2.45. The molecule has 2 nitrogen and oxygen atoms in total. The van der Waals surface area contributed by atoms with Crippen LogP contribution >= 0.6 is 0 Å². The molecule has 1 saturated heterocycles. The van der Waals surface area contributed by atoms with Gasteiger partial charge in [0, 0.05) is 22.6 Å². The van der Waals surface area contributed by atoms with Crippen LogP contribution in [0.3, 0.4) is 0 Å². The highest BCUT2D eigenvalue weighted by Gasteiger charge is 2.34. The van der Waals surface area contributed by atoms with Crippen LogP contribution in [-0.2, 0) is 0 Å². The van der Waals surface area contributed by atoms with E-state index in [9.17, 15) is 0 Å². The Labute approximate surface area is 173 Å². The van der Waals surface area contributed by atoms with Gasteiger partial charge in [0.2, 0.25) is 0 Å². The van der Waals surface area contributed by atoms with Crippen molar-refractivity contribution in [2.24, 2.45) is 0 Å². The fourth-order valence-corrected chi connectivity index (χ4v) is 4.85. The van der Waals surface area contributed by atoms with E-state index in [1.165, 1.54) is 54.6 Å². The molecule has 0 spiro atoms. The molecule has 0 radical (unpaired) electrons. The number of nitrogens with one attached hydrogen (secondary N) is 1. The summed E-state index contributed by atoms with van der Waals surface area (Å²) < 4.78 is 6.59. The van der Waals surface area contributed by atoms with Crippen LogP contribution < -0.4 is 9.64 Å². The predicted molar refractivity (Wildman–Crippen MR) is 118 cm³/mol. The number of ether oxygens (including phenoxy) is 1. The van der Waals surface area contributed by atoms with Crippen molar-refractivity contribution in [1.82, 2.24) is 0 Å². The van der Waals surface area contributed by atoms with Gasteiger partial charge in [0.15, 0.2) is 0 Å². The number of para-hydroxylation sites is 1. The Hall–Kier alpha value is -2.84. The van der Waals surface area contributed by atoms with E-state index in [0.717, 1.165) is 18.1 Å². The molecule has 3 aromatic carbocycles.